The Hall–Kier alpha value is -2.93. The Bertz CT molecular complexity index is 1200. The van der Waals surface area contributed by atoms with Crippen LogP contribution in [0, 0.1) is 5.82 Å². The Morgan fingerprint density at radius 1 is 1.11 bits per heavy atom. The summed E-state index contributed by atoms with van der Waals surface area (Å²) in [6.07, 6.45) is 0.879. The second-order valence-corrected chi connectivity index (χ2v) is 7.38. The largest absolute Gasteiger partial charge is 0.423 e. The zero-order chi connectivity index (χ0) is 19.7. The van der Waals surface area contributed by atoms with Gasteiger partial charge >= 0.3 is 5.63 Å². The molecule has 2 aromatic heterocycles. The number of benzene rings is 2. The average molecular weight is 395 g/mol. The van der Waals surface area contributed by atoms with Crippen molar-refractivity contribution in [3.8, 4) is 11.4 Å². The third-order valence-corrected chi connectivity index (χ3v) is 5.67. The second-order valence-electron chi connectivity index (χ2n) is 6.44. The molecule has 28 heavy (non-hydrogen) atoms. The van der Waals surface area contributed by atoms with Gasteiger partial charge in [-0.05, 0) is 47.9 Å². The van der Waals surface area contributed by atoms with Crippen molar-refractivity contribution in [3.05, 3.63) is 75.9 Å². The number of rotatable bonds is 5. The van der Waals surface area contributed by atoms with Crippen LogP contribution in [-0.4, -0.2) is 14.8 Å². The first-order chi connectivity index (χ1) is 13.5. The smallest absolute Gasteiger partial charge is 0.336 e. The molecule has 0 atom stereocenters. The number of aryl methyl sites for hydroxylation is 1. The van der Waals surface area contributed by atoms with Gasteiger partial charge in [-0.2, -0.15) is 0 Å². The molecule has 4 aromatic rings. The number of fused-ring (bicyclic) bond motifs is 1. The van der Waals surface area contributed by atoms with E-state index in [0.717, 1.165) is 28.5 Å². The fourth-order valence-electron chi connectivity index (χ4n) is 3.05. The summed E-state index contributed by atoms with van der Waals surface area (Å²) in [6.45, 7) is 2.06. The van der Waals surface area contributed by atoms with Crippen LogP contribution >= 0.6 is 11.8 Å². The summed E-state index contributed by atoms with van der Waals surface area (Å²) in [5, 5.41) is 10.1. The highest BCUT2D eigenvalue weighted by molar-refractivity contribution is 7.98. The molecule has 0 aliphatic carbocycles. The first kappa shape index (κ1) is 18.4. The van der Waals surface area contributed by atoms with E-state index in [4.69, 9.17) is 4.42 Å². The van der Waals surface area contributed by atoms with Crippen molar-refractivity contribution >= 4 is 22.7 Å². The van der Waals surface area contributed by atoms with Gasteiger partial charge in [-0.1, -0.05) is 30.8 Å². The zero-order valence-corrected chi connectivity index (χ0v) is 16.3. The van der Waals surface area contributed by atoms with Crippen molar-refractivity contribution in [3.63, 3.8) is 0 Å². The van der Waals surface area contributed by atoms with Crippen LogP contribution in [0.15, 0.2) is 62.9 Å². The van der Waals surface area contributed by atoms with Gasteiger partial charge < -0.3 is 8.98 Å². The van der Waals surface area contributed by atoms with Gasteiger partial charge in [0.15, 0.2) is 11.0 Å². The normalized spacial score (nSPS) is 11.2. The molecule has 0 unspecified atom stereocenters. The predicted molar refractivity (Wildman–Crippen MR) is 108 cm³/mol. The molecule has 0 N–H and O–H groups in total. The molecule has 0 radical (unpaired) electrons. The van der Waals surface area contributed by atoms with Gasteiger partial charge in [-0.15, -0.1) is 10.2 Å². The Labute approximate surface area is 165 Å². The summed E-state index contributed by atoms with van der Waals surface area (Å²) in [4.78, 5) is 12.0. The highest BCUT2D eigenvalue weighted by Gasteiger charge is 2.13. The second kappa shape index (κ2) is 7.59. The summed E-state index contributed by atoms with van der Waals surface area (Å²) in [5.41, 5.74) is 3.05. The molecule has 0 aliphatic rings. The maximum atomic E-state index is 13.1. The van der Waals surface area contributed by atoms with Crippen LogP contribution in [0.4, 0.5) is 4.39 Å². The number of hydrogen-bond donors (Lipinski definition) is 0. The van der Waals surface area contributed by atoms with E-state index in [0.29, 0.717) is 22.3 Å². The van der Waals surface area contributed by atoms with Gasteiger partial charge in [0.2, 0.25) is 0 Å². The zero-order valence-electron chi connectivity index (χ0n) is 15.5. The van der Waals surface area contributed by atoms with E-state index in [-0.39, 0.29) is 11.4 Å². The number of hydrogen-bond acceptors (Lipinski definition) is 5. The van der Waals surface area contributed by atoms with E-state index in [1.807, 2.05) is 29.8 Å². The van der Waals surface area contributed by atoms with E-state index in [9.17, 15) is 9.18 Å². The Kier molecular flexibility index (Phi) is 5.00. The van der Waals surface area contributed by atoms with Crippen molar-refractivity contribution < 1.29 is 8.81 Å². The monoisotopic (exact) mass is 395 g/mol. The Balaban J connectivity index is 1.62. The number of thioether (sulfide) groups is 1. The first-order valence-corrected chi connectivity index (χ1v) is 9.87. The molecule has 0 spiro atoms. The average Bonchev–Trinajstić information content (AvgIpc) is 3.06. The summed E-state index contributed by atoms with van der Waals surface area (Å²) < 4.78 is 20.4. The third kappa shape index (κ3) is 3.57. The van der Waals surface area contributed by atoms with E-state index in [1.54, 1.807) is 12.1 Å². The van der Waals surface area contributed by atoms with Gasteiger partial charge in [0, 0.05) is 29.8 Å². The lowest BCUT2D eigenvalue weighted by molar-refractivity contribution is 0.559. The fourth-order valence-corrected chi connectivity index (χ4v) is 3.95. The molecule has 0 amide bonds. The summed E-state index contributed by atoms with van der Waals surface area (Å²) in [6, 6.07) is 13.6. The number of aromatic nitrogens is 3. The predicted octanol–water partition coefficient (Wildman–Crippen LogP) is 4.58. The minimum Gasteiger partial charge on any atom is -0.423 e. The van der Waals surface area contributed by atoms with E-state index >= 15 is 0 Å². The van der Waals surface area contributed by atoms with Crippen LogP contribution in [0.5, 0.6) is 0 Å². The summed E-state index contributed by atoms with van der Waals surface area (Å²) >= 11 is 1.49. The molecule has 2 aromatic carbocycles. The van der Waals surface area contributed by atoms with Crippen LogP contribution in [0.2, 0.25) is 0 Å². The van der Waals surface area contributed by atoms with Crippen LogP contribution in [0.1, 0.15) is 18.1 Å². The molecule has 0 saturated carbocycles. The first-order valence-electron chi connectivity index (χ1n) is 8.89. The fraction of sp³-hybridized carbons (Fsp3) is 0.190. The minimum absolute atomic E-state index is 0.290. The highest BCUT2D eigenvalue weighted by atomic mass is 32.2. The lowest BCUT2D eigenvalue weighted by atomic mass is 10.1. The SMILES string of the molecule is CCc1ccc2c(CSc3nnc(-c4ccc(F)cc4)n3C)cc(=O)oc2c1. The van der Waals surface area contributed by atoms with Gasteiger partial charge in [0.05, 0.1) is 0 Å². The van der Waals surface area contributed by atoms with Crippen molar-refractivity contribution in [1.29, 1.82) is 0 Å². The number of nitrogens with zero attached hydrogens (tertiary/aromatic N) is 3. The van der Waals surface area contributed by atoms with E-state index in [2.05, 4.69) is 17.1 Å². The van der Waals surface area contributed by atoms with Gasteiger partial charge in [0.1, 0.15) is 11.4 Å². The molecular formula is C21H18FN3O2S. The molecule has 5 nitrogen and oxygen atoms in total. The number of halogens is 1. The van der Waals surface area contributed by atoms with E-state index in [1.165, 1.54) is 30.0 Å². The lowest BCUT2D eigenvalue weighted by Gasteiger charge is -2.07. The van der Waals surface area contributed by atoms with Crippen LogP contribution in [0.3, 0.4) is 0 Å². The quantitative estimate of drug-likeness (QED) is 0.366. The van der Waals surface area contributed by atoms with Crippen LogP contribution in [-0.2, 0) is 19.2 Å². The van der Waals surface area contributed by atoms with Crippen LogP contribution < -0.4 is 5.63 Å². The molecule has 0 bridgehead atoms. The van der Waals surface area contributed by atoms with E-state index < -0.39 is 0 Å². The van der Waals surface area contributed by atoms with Crippen molar-refractivity contribution in [2.24, 2.45) is 7.05 Å². The highest BCUT2D eigenvalue weighted by Crippen LogP contribution is 2.28. The van der Waals surface area contributed by atoms with Gasteiger partial charge in [0.25, 0.3) is 0 Å². The Morgan fingerprint density at radius 2 is 1.89 bits per heavy atom. The molecule has 0 aliphatic heterocycles. The minimum atomic E-state index is -0.360. The summed E-state index contributed by atoms with van der Waals surface area (Å²) in [7, 11) is 1.87. The van der Waals surface area contributed by atoms with Crippen molar-refractivity contribution in [2.45, 2.75) is 24.3 Å². The lowest BCUT2D eigenvalue weighted by Crippen LogP contribution is -2.01. The maximum absolute atomic E-state index is 13.1. The maximum Gasteiger partial charge on any atom is 0.336 e. The molecular weight excluding hydrogens is 377 g/mol. The molecule has 4 rings (SSSR count). The topological polar surface area (TPSA) is 60.9 Å². The molecule has 0 fully saturated rings. The van der Waals surface area contributed by atoms with Crippen molar-refractivity contribution in [1.82, 2.24) is 14.8 Å². The van der Waals surface area contributed by atoms with Crippen LogP contribution in [0.25, 0.3) is 22.4 Å². The summed E-state index contributed by atoms with van der Waals surface area (Å²) in [5.74, 6) is 0.928. The third-order valence-electron chi connectivity index (χ3n) is 4.60. The van der Waals surface area contributed by atoms with Gasteiger partial charge in [-0.25, -0.2) is 9.18 Å². The molecule has 2 heterocycles. The molecule has 0 saturated heterocycles. The standard InChI is InChI=1S/C21H18FN3O2S/c1-3-13-4-9-17-15(11-19(26)27-18(17)10-13)12-28-21-24-23-20(25(21)2)14-5-7-16(22)8-6-14/h4-11H,3,12H2,1-2H3. The molecule has 7 heteroatoms. The van der Waals surface area contributed by atoms with Crippen molar-refractivity contribution in [2.75, 3.05) is 0 Å². The van der Waals surface area contributed by atoms with Gasteiger partial charge in [-0.3, -0.25) is 0 Å². The Morgan fingerprint density at radius 3 is 2.64 bits per heavy atom. The molecule has 142 valence electrons.